The predicted octanol–water partition coefficient (Wildman–Crippen LogP) is 16.7. The molecule has 0 unspecified atom stereocenters. The van der Waals surface area contributed by atoms with Crippen LogP contribution in [0.1, 0.15) is 16.7 Å². The van der Waals surface area contributed by atoms with E-state index in [0.29, 0.717) is 0 Å². The summed E-state index contributed by atoms with van der Waals surface area (Å²) in [6, 6.07) is 82.1. The minimum atomic E-state index is -0.700. The zero-order valence-electron chi connectivity index (χ0n) is 37.6. The average Bonchev–Trinajstić information content (AvgIpc) is 4.02. The summed E-state index contributed by atoms with van der Waals surface area (Å²) in [4.78, 5) is 15.9. The van der Waals surface area contributed by atoms with Crippen LogP contribution in [0.4, 0.5) is 0 Å². The molecule has 0 spiro atoms. The van der Waals surface area contributed by atoms with Crippen LogP contribution >= 0.6 is 20.7 Å². The van der Waals surface area contributed by atoms with E-state index < -0.39 is 20.7 Å². The second-order valence-electron chi connectivity index (χ2n) is 17.8. The maximum atomic E-state index is 6.14. The Bertz CT molecular complexity index is 4220. The van der Waals surface area contributed by atoms with Crippen molar-refractivity contribution in [1.29, 1.82) is 0 Å². The normalized spacial score (nSPS) is 12.9. The third-order valence-electron chi connectivity index (χ3n) is 13.6. The number of halogens is 1. The van der Waals surface area contributed by atoms with E-state index in [2.05, 4.69) is 229 Å². The van der Waals surface area contributed by atoms with Gasteiger partial charge in [-0.25, -0.2) is 15.0 Å². The molecule has 1 aliphatic heterocycles. The lowest BCUT2D eigenvalue weighted by atomic mass is 9.95. The molecule has 0 amide bonds. The first-order chi connectivity index (χ1) is 34.6. The Hall–Kier alpha value is -8.59. The van der Waals surface area contributed by atoms with Gasteiger partial charge in [-0.1, -0.05) is 194 Å². The van der Waals surface area contributed by atoms with Crippen molar-refractivity contribution in [3.8, 4) is 44.5 Å². The molecule has 0 saturated heterocycles. The van der Waals surface area contributed by atoms with Crippen LogP contribution < -0.4 is 0 Å². The fraction of sp³-hybridized carbons (Fsp3) is 0. The van der Waals surface area contributed by atoms with Gasteiger partial charge in [0, 0.05) is 44.4 Å². The highest BCUT2D eigenvalue weighted by atomic mass is 127. The Morgan fingerprint density at radius 3 is 1.59 bits per heavy atom. The largest absolute Gasteiger partial charge is 0.456 e. The number of furan rings is 1. The molecular weight excluding hydrogens is 968 g/mol. The number of amidine groups is 1. The SMILES string of the molecule is c1ccc(-c2ccc(C3=NC(c4ccc(-c5ccccc5)cc4)=IC(c4ccc(-c5ccc6c(c5)c5ccccc5c5nc7cc(-c8ccc9oc%10ccccc%10c9c8)ccn7c65)cc4)=N3)cc2)cc1. The molecule has 1 aliphatic rings. The van der Waals surface area contributed by atoms with Crippen molar-refractivity contribution in [2.45, 2.75) is 0 Å². The lowest BCUT2D eigenvalue weighted by molar-refractivity contribution is 0.669. The molecule has 0 N–H and O–H groups in total. The zero-order valence-corrected chi connectivity index (χ0v) is 39.7. The van der Waals surface area contributed by atoms with E-state index in [1.807, 2.05) is 12.1 Å². The Balaban J connectivity index is 0.826. The van der Waals surface area contributed by atoms with Crippen molar-refractivity contribution in [2.24, 2.45) is 9.98 Å². The van der Waals surface area contributed by atoms with Crippen LogP contribution in [0.5, 0.6) is 0 Å². The van der Waals surface area contributed by atoms with Gasteiger partial charge in [0.1, 0.15) is 24.2 Å². The van der Waals surface area contributed by atoms with E-state index in [1.54, 1.807) is 0 Å². The Morgan fingerprint density at radius 1 is 0.343 bits per heavy atom. The second-order valence-corrected chi connectivity index (χ2v) is 20.3. The third-order valence-corrected chi connectivity index (χ3v) is 16.4. The molecule has 0 atom stereocenters. The fourth-order valence-electron chi connectivity index (χ4n) is 10.0. The first-order valence-electron chi connectivity index (χ1n) is 23.4. The molecule has 6 heteroatoms. The number of para-hydroxylation sites is 1. The van der Waals surface area contributed by atoms with Crippen LogP contribution in [-0.2, 0) is 0 Å². The Labute approximate surface area is 413 Å². The van der Waals surface area contributed by atoms with Crippen LogP contribution in [-0.4, -0.2) is 22.6 Å². The Kier molecular flexibility index (Phi) is 9.59. The van der Waals surface area contributed by atoms with Crippen LogP contribution in [0.3, 0.4) is 0 Å². The number of rotatable bonds is 7. The molecule has 14 rings (SSSR count). The maximum Gasteiger partial charge on any atom is 0.161 e. The first-order valence-corrected chi connectivity index (χ1v) is 25.6. The topological polar surface area (TPSA) is 55.2 Å². The summed E-state index contributed by atoms with van der Waals surface area (Å²) in [5.41, 5.74) is 17.4. The summed E-state index contributed by atoms with van der Waals surface area (Å²) < 4.78 is 10.6. The highest BCUT2D eigenvalue weighted by Gasteiger charge is 2.19. The Morgan fingerprint density at radius 2 is 0.857 bits per heavy atom. The minimum Gasteiger partial charge on any atom is -0.456 e. The number of hydrogen-bond acceptors (Lipinski definition) is 4. The number of aromatic nitrogens is 2. The fourth-order valence-corrected chi connectivity index (χ4v) is 12.6. The van der Waals surface area contributed by atoms with Crippen molar-refractivity contribution in [1.82, 2.24) is 9.38 Å². The van der Waals surface area contributed by atoms with Gasteiger partial charge in [-0.3, -0.25) is 4.40 Å². The van der Waals surface area contributed by atoms with E-state index >= 15 is 0 Å². The average molecular weight is 1010 g/mol. The molecule has 0 radical (unpaired) electrons. The summed E-state index contributed by atoms with van der Waals surface area (Å²) in [7, 11) is 0. The minimum absolute atomic E-state index is 0.700. The molecule has 4 heterocycles. The molecule has 5 nitrogen and oxygen atoms in total. The number of imidazole rings is 1. The van der Waals surface area contributed by atoms with Crippen molar-refractivity contribution in [2.75, 3.05) is 0 Å². The first kappa shape index (κ1) is 40.5. The van der Waals surface area contributed by atoms with Gasteiger partial charge in [-0.15, -0.1) is 0 Å². The van der Waals surface area contributed by atoms with E-state index in [9.17, 15) is 0 Å². The van der Waals surface area contributed by atoms with Crippen molar-refractivity contribution in [3.05, 3.63) is 253 Å². The van der Waals surface area contributed by atoms with Crippen LogP contribution in [0, 0.1) is 0 Å². The van der Waals surface area contributed by atoms with Gasteiger partial charge in [0.2, 0.25) is 0 Å². The molecule has 13 aromatic rings. The van der Waals surface area contributed by atoms with Gasteiger partial charge in [0.15, 0.2) is 5.84 Å². The molecule has 328 valence electrons. The number of pyridine rings is 1. The number of nitrogens with zero attached hydrogens (tertiary/aromatic N) is 4. The quantitative estimate of drug-likeness (QED) is 0.118. The second kappa shape index (κ2) is 16.6. The van der Waals surface area contributed by atoms with E-state index in [1.165, 1.54) is 38.4 Å². The number of fused-ring (bicyclic) bond motifs is 11. The molecule has 0 bridgehead atoms. The molecule has 0 aliphatic carbocycles. The zero-order chi connectivity index (χ0) is 46.1. The van der Waals surface area contributed by atoms with E-state index in [-0.39, 0.29) is 0 Å². The molecule has 70 heavy (non-hydrogen) atoms. The molecule has 10 aromatic carbocycles. The summed E-state index contributed by atoms with van der Waals surface area (Å²) in [5, 5.41) is 6.94. The molecule has 3 aromatic heterocycles. The lowest BCUT2D eigenvalue weighted by Crippen LogP contribution is -2.11. The lowest BCUT2D eigenvalue weighted by Gasteiger charge is -2.14. The summed E-state index contributed by atoms with van der Waals surface area (Å²) in [5.74, 6) is 0.743. The van der Waals surface area contributed by atoms with Crippen molar-refractivity contribution in [3.63, 3.8) is 0 Å². The summed E-state index contributed by atoms with van der Waals surface area (Å²) in [6.45, 7) is 0. The number of benzene rings is 10. The van der Waals surface area contributed by atoms with Gasteiger partial charge in [0.05, 0.1) is 11.0 Å². The highest BCUT2D eigenvalue weighted by Crippen LogP contribution is 2.39. The summed E-state index contributed by atoms with van der Waals surface area (Å²) in [6.07, 6.45) is 2.17. The van der Waals surface area contributed by atoms with Crippen molar-refractivity contribution >= 4 is 94.1 Å². The predicted molar refractivity (Wildman–Crippen MR) is 301 cm³/mol. The molecule has 0 saturated carbocycles. The number of hydrogen-bond donors (Lipinski definition) is 0. The van der Waals surface area contributed by atoms with Crippen LogP contribution in [0.25, 0.3) is 105 Å². The highest BCUT2D eigenvalue weighted by molar-refractivity contribution is 14.2. The van der Waals surface area contributed by atoms with E-state index in [0.717, 1.165) is 96.1 Å². The molecular formula is C64H39IN4O. The van der Waals surface area contributed by atoms with Gasteiger partial charge in [-0.2, -0.15) is 0 Å². The van der Waals surface area contributed by atoms with Crippen LogP contribution in [0.15, 0.2) is 251 Å². The standard InChI is InChI=1S/C64H39IN4O/c1-3-11-40(12-4-1)42-19-25-45(26-20-42)62-65-63(68-64(67-62)47-29-23-43(24-30-47)41-13-5-2-6-14-41)46-27-21-44(22-28-46)48-31-33-54-55(37-48)51-15-7-8-17-53(51)60-61(54)69-36-35-50(39-59(69)66-60)49-32-34-58-56(38-49)52-16-9-10-18-57(52)70-58/h1-39H. The van der Waals surface area contributed by atoms with Gasteiger partial charge < -0.3 is 4.42 Å². The van der Waals surface area contributed by atoms with E-state index in [4.69, 9.17) is 19.4 Å². The van der Waals surface area contributed by atoms with Gasteiger partial charge in [-0.05, 0) is 112 Å². The third kappa shape index (κ3) is 6.98. The van der Waals surface area contributed by atoms with Gasteiger partial charge >= 0.3 is 0 Å². The van der Waals surface area contributed by atoms with Crippen LogP contribution in [0.2, 0.25) is 0 Å². The smallest absolute Gasteiger partial charge is 0.161 e. The number of aliphatic imine (C=N–C) groups is 2. The van der Waals surface area contributed by atoms with Crippen molar-refractivity contribution < 1.29 is 4.42 Å². The molecule has 0 fully saturated rings. The van der Waals surface area contributed by atoms with Gasteiger partial charge in [0.25, 0.3) is 0 Å². The maximum absolute atomic E-state index is 6.14. The summed E-state index contributed by atoms with van der Waals surface area (Å²) >= 11 is -0.700. The monoisotopic (exact) mass is 1010 g/mol.